The topological polar surface area (TPSA) is 112 Å². The number of nitrogen functional groups attached to an aromatic ring is 1. The van der Waals surface area contributed by atoms with E-state index in [1.54, 1.807) is 35.1 Å². The highest BCUT2D eigenvalue weighted by atomic mass is 19.1. The van der Waals surface area contributed by atoms with Crippen molar-refractivity contribution >= 4 is 28.4 Å². The molecule has 1 amide bonds. The highest BCUT2D eigenvalue weighted by Gasteiger charge is 2.24. The number of morpholine rings is 1. The molecule has 0 spiro atoms. The Balaban J connectivity index is 1.55. The maximum Gasteiger partial charge on any atom is 0.253 e. The summed E-state index contributed by atoms with van der Waals surface area (Å²) in [6.45, 7) is 1.01. The number of nitrogens with zero attached hydrogens (tertiary/aromatic N) is 6. The Bertz CT molecular complexity index is 1290. The number of benzene rings is 1. The first kappa shape index (κ1) is 19.1. The molecule has 4 aromatic rings. The van der Waals surface area contributed by atoms with Gasteiger partial charge in [0, 0.05) is 18.3 Å². The smallest absolute Gasteiger partial charge is 0.253 e. The average molecular weight is 419 g/mol. The van der Waals surface area contributed by atoms with Crippen molar-refractivity contribution in [1.29, 1.82) is 0 Å². The number of fused-ring (bicyclic) bond motifs is 1. The van der Waals surface area contributed by atoms with Crippen LogP contribution in [0.4, 0.5) is 15.9 Å². The van der Waals surface area contributed by atoms with E-state index in [1.807, 2.05) is 6.07 Å². The zero-order valence-corrected chi connectivity index (χ0v) is 16.4. The highest BCUT2D eigenvalue weighted by Crippen LogP contribution is 2.29. The number of rotatable bonds is 4. The first-order chi connectivity index (χ1) is 15.1. The van der Waals surface area contributed by atoms with Crippen molar-refractivity contribution in [3.63, 3.8) is 0 Å². The second-order valence-electron chi connectivity index (χ2n) is 7.03. The molecule has 0 bridgehead atoms. The van der Waals surface area contributed by atoms with Crippen LogP contribution in [0.1, 0.15) is 5.56 Å². The largest absolute Gasteiger partial charge is 0.382 e. The molecule has 1 saturated heterocycles. The van der Waals surface area contributed by atoms with Gasteiger partial charge in [0.2, 0.25) is 0 Å². The van der Waals surface area contributed by atoms with Crippen LogP contribution in [-0.4, -0.2) is 50.4 Å². The van der Waals surface area contributed by atoms with E-state index in [0.717, 1.165) is 0 Å². The maximum atomic E-state index is 14.2. The Hall–Kier alpha value is -3.92. The van der Waals surface area contributed by atoms with Gasteiger partial charge < -0.3 is 15.4 Å². The Labute approximate surface area is 176 Å². The van der Waals surface area contributed by atoms with E-state index >= 15 is 0 Å². The number of ether oxygens (including phenoxy) is 1. The normalized spacial score (nSPS) is 14.4. The van der Waals surface area contributed by atoms with Crippen molar-refractivity contribution in [3.8, 4) is 11.5 Å². The number of hydrogen-bond acceptors (Lipinski definition) is 7. The molecule has 0 radical (unpaired) electrons. The van der Waals surface area contributed by atoms with E-state index in [0.29, 0.717) is 47.0 Å². The number of pyridine rings is 1. The predicted molar refractivity (Wildman–Crippen MR) is 112 cm³/mol. The van der Waals surface area contributed by atoms with Crippen LogP contribution in [0, 0.1) is 5.82 Å². The lowest BCUT2D eigenvalue weighted by Crippen LogP contribution is -2.42. The van der Waals surface area contributed by atoms with Crippen molar-refractivity contribution in [2.45, 2.75) is 6.54 Å². The SMILES string of the molecule is Nc1nc(-c2nn(Cc3ccccc3F)c3ncccc23)ncc1N1CCOCC1=O. The minimum atomic E-state index is -0.316. The molecular formula is C21H18FN7O2. The fraction of sp³-hybridized carbons (Fsp3) is 0.190. The van der Waals surface area contributed by atoms with Gasteiger partial charge in [-0.05, 0) is 18.2 Å². The summed E-state index contributed by atoms with van der Waals surface area (Å²) in [5, 5.41) is 5.32. The summed E-state index contributed by atoms with van der Waals surface area (Å²) in [5.74, 6) is -0.0463. The molecule has 156 valence electrons. The predicted octanol–water partition coefficient (Wildman–Crippen LogP) is 2.02. The van der Waals surface area contributed by atoms with Gasteiger partial charge in [-0.1, -0.05) is 18.2 Å². The molecule has 0 saturated carbocycles. The first-order valence-corrected chi connectivity index (χ1v) is 9.68. The van der Waals surface area contributed by atoms with Crippen LogP contribution >= 0.6 is 0 Å². The third kappa shape index (κ3) is 3.46. The summed E-state index contributed by atoms with van der Waals surface area (Å²) >= 11 is 0. The first-order valence-electron chi connectivity index (χ1n) is 9.68. The van der Waals surface area contributed by atoms with E-state index in [1.165, 1.54) is 17.2 Å². The van der Waals surface area contributed by atoms with Crippen molar-refractivity contribution in [1.82, 2.24) is 24.7 Å². The van der Waals surface area contributed by atoms with Crippen LogP contribution in [0.3, 0.4) is 0 Å². The van der Waals surface area contributed by atoms with Crippen molar-refractivity contribution in [2.24, 2.45) is 0 Å². The van der Waals surface area contributed by atoms with Gasteiger partial charge >= 0.3 is 0 Å². The van der Waals surface area contributed by atoms with E-state index in [4.69, 9.17) is 10.5 Å². The summed E-state index contributed by atoms with van der Waals surface area (Å²) in [6.07, 6.45) is 3.16. The van der Waals surface area contributed by atoms with Gasteiger partial charge in [0.25, 0.3) is 5.91 Å². The van der Waals surface area contributed by atoms with Gasteiger partial charge in [-0.2, -0.15) is 5.10 Å². The molecule has 1 aromatic carbocycles. The number of aromatic nitrogens is 5. The second kappa shape index (κ2) is 7.73. The van der Waals surface area contributed by atoms with Gasteiger partial charge in [-0.3, -0.25) is 4.79 Å². The van der Waals surface area contributed by atoms with Crippen LogP contribution in [-0.2, 0) is 16.1 Å². The summed E-state index contributed by atoms with van der Waals surface area (Å²) < 4.78 is 20.9. The molecule has 10 heteroatoms. The number of nitrogens with two attached hydrogens (primary N) is 1. The lowest BCUT2D eigenvalue weighted by atomic mass is 10.2. The summed E-state index contributed by atoms with van der Waals surface area (Å²) in [6, 6.07) is 10.2. The fourth-order valence-corrected chi connectivity index (χ4v) is 3.56. The van der Waals surface area contributed by atoms with Crippen LogP contribution in [0.25, 0.3) is 22.6 Å². The molecule has 31 heavy (non-hydrogen) atoms. The molecule has 2 N–H and O–H groups in total. The number of anilines is 2. The maximum absolute atomic E-state index is 14.2. The molecule has 4 heterocycles. The Kier molecular flexibility index (Phi) is 4.75. The molecule has 1 aliphatic rings. The van der Waals surface area contributed by atoms with Crippen LogP contribution in [0.2, 0.25) is 0 Å². The monoisotopic (exact) mass is 419 g/mol. The van der Waals surface area contributed by atoms with Gasteiger partial charge in [-0.25, -0.2) is 24.0 Å². The zero-order chi connectivity index (χ0) is 21.4. The minimum Gasteiger partial charge on any atom is -0.382 e. The van der Waals surface area contributed by atoms with E-state index in [-0.39, 0.29) is 30.7 Å². The minimum absolute atomic E-state index is 0.00203. The highest BCUT2D eigenvalue weighted by molar-refractivity contribution is 5.97. The number of carbonyl (C=O) groups excluding carboxylic acids is 1. The third-order valence-electron chi connectivity index (χ3n) is 5.07. The van der Waals surface area contributed by atoms with Crippen LogP contribution in [0.5, 0.6) is 0 Å². The average Bonchev–Trinajstić information content (AvgIpc) is 3.15. The second-order valence-corrected chi connectivity index (χ2v) is 7.03. The summed E-state index contributed by atoms with van der Waals surface area (Å²) in [4.78, 5) is 26.8. The number of amides is 1. The molecule has 0 aliphatic carbocycles. The lowest BCUT2D eigenvalue weighted by Gasteiger charge is -2.27. The van der Waals surface area contributed by atoms with E-state index < -0.39 is 0 Å². The zero-order valence-electron chi connectivity index (χ0n) is 16.4. The molecule has 1 aliphatic heterocycles. The molecule has 3 aromatic heterocycles. The number of hydrogen-bond donors (Lipinski definition) is 1. The van der Waals surface area contributed by atoms with Crippen molar-refractivity contribution < 1.29 is 13.9 Å². The van der Waals surface area contributed by atoms with Crippen molar-refractivity contribution in [3.05, 3.63) is 60.2 Å². The quantitative estimate of drug-likeness (QED) is 0.539. The number of carbonyl (C=O) groups is 1. The van der Waals surface area contributed by atoms with Crippen LogP contribution in [0.15, 0.2) is 48.8 Å². The fourth-order valence-electron chi connectivity index (χ4n) is 3.56. The van der Waals surface area contributed by atoms with Crippen LogP contribution < -0.4 is 10.6 Å². The van der Waals surface area contributed by atoms with Gasteiger partial charge in [0.05, 0.1) is 24.7 Å². The van der Waals surface area contributed by atoms with E-state index in [9.17, 15) is 9.18 Å². The Morgan fingerprint density at radius 2 is 2.03 bits per heavy atom. The van der Waals surface area contributed by atoms with E-state index in [2.05, 4.69) is 20.1 Å². The van der Waals surface area contributed by atoms with Gasteiger partial charge in [-0.15, -0.1) is 0 Å². The Morgan fingerprint density at radius 3 is 2.84 bits per heavy atom. The molecule has 0 unspecified atom stereocenters. The third-order valence-corrected chi connectivity index (χ3v) is 5.07. The summed E-state index contributed by atoms with van der Waals surface area (Å²) in [5.41, 5.74) is 8.14. The van der Waals surface area contributed by atoms with Crippen molar-refractivity contribution in [2.75, 3.05) is 30.4 Å². The number of halogens is 1. The lowest BCUT2D eigenvalue weighted by molar-refractivity contribution is -0.125. The van der Waals surface area contributed by atoms with Gasteiger partial charge in [0.1, 0.15) is 23.8 Å². The molecule has 1 fully saturated rings. The summed E-state index contributed by atoms with van der Waals surface area (Å²) in [7, 11) is 0. The standard InChI is InChI=1S/C21H18FN7O2/c22-15-6-2-1-4-13(15)11-29-21-14(5-3-7-24-21)18(27-29)20-25-10-16(19(23)26-20)28-8-9-31-12-17(28)30/h1-7,10H,8-9,11-12H2,(H2,23,25,26). The molecule has 9 nitrogen and oxygen atoms in total. The Morgan fingerprint density at radius 1 is 1.16 bits per heavy atom. The molecule has 5 rings (SSSR count). The molecular weight excluding hydrogens is 401 g/mol. The molecule has 0 atom stereocenters. The van der Waals surface area contributed by atoms with Gasteiger partial charge in [0.15, 0.2) is 17.3 Å².